The first-order chi connectivity index (χ1) is 9.35. The van der Waals surface area contributed by atoms with Crippen molar-refractivity contribution < 1.29 is 4.79 Å². The largest absolute Gasteiger partial charge is 0.295 e. The third kappa shape index (κ3) is 2.03. The highest BCUT2D eigenvalue weighted by Gasteiger charge is 2.46. The average Bonchev–Trinajstić information content (AvgIpc) is 2.43. The van der Waals surface area contributed by atoms with Crippen LogP contribution in [0.4, 0.5) is 0 Å². The Morgan fingerprint density at radius 1 is 1.20 bits per heavy atom. The molecule has 0 heterocycles. The van der Waals surface area contributed by atoms with E-state index in [0.29, 0.717) is 23.5 Å². The molecule has 0 N–H and O–H groups in total. The van der Waals surface area contributed by atoms with Gasteiger partial charge in [-0.3, -0.25) is 4.79 Å². The van der Waals surface area contributed by atoms with Gasteiger partial charge in [-0.2, -0.15) is 0 Å². The molecule has 0 aliphatic heterocycles. The molecule has 4 rings (SSSR count). The number of hydrogen-bond acceptors (Lipinski definition) is 1. The number of allylic oxidation sites excluding steroid dienone is 5. The average molecular weight is 270 g/mol. The van der Waals surface area contributed by atoms with Crippen LogP contribution in [0.3, 0.4) is 0 Å². The zero-order valence-electron chi connectivity index (χ0n) is 13.1. The third-order valence-electron chi connectivity index (χ3n) is 6.14. The van der Waals surface area contributed by atoms with Gasteiger partial charge in [-0.05, 0) is 62.9 Å². The Hall–Kier alpha value is -1.11. The fourth-order valence-electron chi connectivity index (χ4n) is 4.31. The predicted octanol–water partition coefficient (Wildman–Crippen LogP) is 4.99. The SMILES string of the molecule is C=C(C)C1CC(=O)C(C)=C(C23C=CC(C)(CC2)CC3)C1. The van der Waals surface area contributed by atoms with Crippen molar-refractivity contribution in [2.75, 3.05) is 0 Å². The van der Waals surface area contributed by atoms with Crippen LogP contribution >= 0.6 is 0 Å². The van der Waals surface area contributed by atoms with Crippen molar-refractivity contribution in [2.45, 2.75) is 59.3 Å². The predicted molar refractivity (Wildman–Crippen MR) is 83.4 cm³/mol. The molecule has 1 nitrogen and oxygen atoms in total. The van der Waals surface area contributed by atoms with E-state index in [4.69, 9.17) is 0 Å². The van der Waals surface area contributed by atoms with Gasteiger partial charge in [-0.1, -0.05) is 36.8 Å². The van der Waals surface area contributed by atoms with E-state index in [0.717, 1.165) is 12.0 Å². The lowest BCUT2D eigenvalue weighted by Gasteiger charge is -2.50. The molecule has 0 amide bonds. The van der Waals surface area contributed by atoms with Crippen molar-refractivity contribution in [2.24, 2.45) is 16.7 Å². The van der Waals surface area contributed by atoms with Crippen LogP contribution in [-0.2, 0) is 4.79 Å². The summed E-state index contributed by atoms with van der Waals surface area (Å²) in [4.78, 5) is 12.4. The first-order valence-electron chi connectivity index (χ1n) is 7.94. The summed E-state index contributed by atoms with van der Waals surface area (Å²) in [6.45, 7) is 10.6. The van der Waals surface area contributed by atoms with Crippen LogP contribution in [0, 0.1) is 16.7 Å². The molecule has 0 aromatic carbocycles. The maximum atomic E-state index is 12.4. The normalized spacial score (nSPS) is 40.4. The third-order valence-corrected chi connectivity index (χ3v) is 6.14. The van der Waals surface area contributed by atoms with Crippen LogP contribution in [0.5, 0.6) is 0 Å². The van der Waals surface area contributed by atoms with E-state index in [1.54, 1.807) is 0 Å². The lowest BCUT2D eigenvalue weighted by molar-refractivity contribution is -0.116. The molecule has 0 saturated heterocycles. The number of fused-ring (bicyclic) bond motifs is 2. The van der Waals surface area contributed by atoms with E-state index in [9.17, 15) is 4.79 Å². The van der Waals surface area contributed by atoms with Crippen molar-refractivity contribution >= 4 is 5.78 Å². The van der Waals surface area contributed by atoms with Crippen molar-refractivity contribution in [3.63, 3.8) is 0 Å². The minimum absolute atomic E-state index is 0.186. The smallest absolute Gasteiger partial charge is 0.159 e. The summed E-state index contributed by atoms with van der Waals surface area (Å²) in [5.41, 5.74) is 4.26. The van der Waals surface area contributed by atoms with Crippen molar-refractivity contribution in [1.29, 1.82) is 0 Å². The molecule has 1 saturated carbocycles. The Labute approximate surface area is 122 Å². The van der Waals surface area contributed by atoms with Gasteiger partial charge in [-0.15, -0.1) is 0 Å². The maximum Gasteiger partial charge on any atom is 0.159 e. The maximum absolute atomic E-state index is 12.4. The number of rotatable bonds is 2. The van der Waals surface area contributed by atoms with Gasteiger partial charge in [0, 0.05) is 11.8 Å². The highest BCUT2D eigenvalue weighted by atomic mass is 16.1. The summed E-state index contributed by atoms with van der Waals surface area (Å²) in [6.07, 6.45) is 11.6. The molecule has 108 valence electrons. The molecule has 0 spiro atoms. The minimum atomic E-state index is 0.186. The summed E-state index contributed by atoms with van der Waals surface area (Å²) in [5.74, 6) is 0.708. The Balaban J connectivity index is 2.00. The molecule has 0 radical (unpaired) electrons. The molecule has 20 heavy (non-hydrogen) atoms. The van der Waals surface area contributed by atoms with Gasteiger partial charge in [0.1, 0.15) is 0 Å². The first-order valence-corrected chi connectivity index (χ1v) is 7.94. The van der Waals surface area contributed by atoms with Crippen molar-refractivity contribution in [3.8, 4) is 0 Å². The second kappa shape index (κ2) is 4.44. The molecule has 0 aromatic rings. The number of hydrogen-bond donors (Lipinski definition) is 0. The molecule has 2 bridgehead atoms. The summed E-state index contributed by atoms with van der Waals surface area (Å²) in [5, 5.41) is 0. The Morgan fingerprint density at radius 3 is 2.35 bits per heavy atom. The van der Waals surface area contributed by atoms with Crippen LogP contribution in [0.2, 0.25) is 0 Å². The fraction of sp³-hybridized carbons (Fsp3) is 0.632. The minimum Gasteiger partial charge on any atom is -0.295 e. The van der Waals surface area contributed by atoms with Gasteiger partial charge in [-0.25, -0.2) is 0 Å². The monoisotopic (exact) mass is 270 g/mol. The fourth-order valence-corrected chi connectivity index (χ4v) is 4.31. The van der Waals surface area contributed by atoms with Gasteiger partial charge in [0.25, 0.3) is 0 Å². The van der Waals surface area contributed by atoms with Crippen LogP contribution in [0.1, 0.15) is 59.3 Å². The van der Waals surface area contributed by atoms with Crippen LogP contribution in [0.25, 0.3) is 0 Å². The summed E-state index contributed by atoms with van der Waals surface area (Å²) in [6, 6.07) is 0. The van der Waals surface area contributed by atoms with E-state index >= 15 is 0 Å². The number of Topliss-reactive ketones (excluding diaryl/α,β-unsaturated/α-hetero) is 1. The van der Waals surface area contributed by atoms with Crippen molar-refractivity contribution in [3.05, 3.63) is 35.5 Å². The molecular weight excluding hydrogens is 244 g/mol. The highest BCUT2D eigenvalue weighted by molar-refractivity contribution is 5.97. The lowest BCUT2D eigenvalue weighted by atomic mass is 9.54. The molecule has 0 aromatic heterocycles. The van der Waals surface area contributed by atoms with Crippen molar-refractivity contribution in [1.82, 2.24) is 0 Å². The van der Waals surface area contributed by atoms with Gasteiger partial charge < -0.3 is 0 Å². The number of carbonyl (C=O) groups is 1. The van der Waals surface area contributed by atoms with E-state index < -0.39 is 0 Å². The lowest BCUT2D eigenvalue weighted by Crippen LogP contribution is -2.39. The van der Waals surface area contributed by atoms with Crippen LogP contribution in [-0.4, -0.2) is 5.78 Å². The molecule has 1 fully saturated rings. The Kier molecular flexibility index (Phi) is 3.08. The van der Waals surface area contributed by atoms with Gasteiger partial charge in [0.2, 0.25) is 0 Å². The van der Waals surface area contributed by atoms with E-state index in [1.807, 2.05) is 0 Å². The molecule has 4 aliphatic carbocycles. The summed E-state index contributed by atoms with van der Waals surface area (Å²) < 4.78 is 0. The van der Waals surface area contributed by atoms with E-state index in [-0.39, 0.29) is 5.41 Å². The molecule has 1 heteroatoms. The molecular formula is C19H26O. The Bertz CT molecular complexity index is 524. The van der Waals surface area contributed by atoms with Gasteiger partial charge in [0.05, 0.1) is 0 Å². The second-order valence-corrected chi connectivity index (χ2v) is 7.62. The van der Waals surface area contributed by atoms with Crippen LogP contribution in [0.15, 0.2) is 35.5 Å². The van der Waals surface area contributed by atoms with Gasteiger partial charge >= 0.3 is 0 Å². The molecule has 1 unspecified atom stereocenters. The summed E-state index contributed by atoms with van der Waals surface area (Å²) in [7, 11) is 0. The molecule has 1 atom stereocenters. The standard InChI is InChI=1S/C19H26O/c1-13(2)15-11-16(14(3)17(20)12-15)19-8-5-18(4,6-9-19)7-10-19/h5,8,15H,1,6-7,9-12H2,2-4H3. The number of ketones is 1. The quantitative estimate of drug-likeness (QED) is 0.646. The zero-order valence-corrected chi connectivity index (χ0v) is 13.1. The highest BCUT2D eigenvalue weighted by Crippen LogP contribution is 2.58. The Morgan fingerprint density at radius 2 is 1.85 bits per heavy atom. The van der Waals surface area contributed by atoms with Gasteiger partial charge in [0.15, 0.2) is 5.78 Å². The number of carbonyl (C=O) groups excluding carboxylic acids is 1. The topological polar surface area (TPSA) is 17.1 Å². The first kappa shape index (κ1) is 13.9. The van der Waals surface area contributed by atoms with E-state index in [1.165, 1.54) is 36.8 Å². The summed E-state index contributed by atoms with van der Waals surface area (Å²) >= 11 is 0. The second-order valence-electron chi connectivity index (χ2n) is 7.62. The zero-order chi connectivity index (χ0) is 14.5. The molecule has 4 aliphatic rings. The van der Waals surface area contributed by atoms with Crippen LogP contribution < -0.4 is 0 Å². The van der Waals surface area contributed by atoms with E-state index in [2.05, 4.69) is 39.5 Å².